The number of nitrogens with one attached hydrogen (secondary N) is 1. The summed E-state index contributed by atoms with van der Waals surface area (Å²) in [6, 6.07) is 5.62. The molecule has 0 spiro atoms. The molecule has 0 saturated carbocycles. The highest BCUT2D eigenvalue weighted by atomic mass is 16.2. The molecule has 24 heavy (non-hydrogen) atoms. The lowest BCUT2D eigenvalue weighted by atomic mass is 10.1. The fourth-order valence-corrected chi connectivity index (χ4v) is 2.87. The number of likely N-dealkylation sites (tertiary alicyclic amines) is 1. The van der Waals surface area contributed by atoms with Crippen LogP contribution < -0.4 is 5.32 Å². The van der Waals surface area contributed by atoms with Crippen molar-refractivity contribution >= 4 is 11.8 Å². The van der Waals surface area contributed by atoms with Crippen LogP contribution in [-0.2, 0) is 11.3 Å². The van der Waals surface area contributed by atoms with Crippen molar-refractivity contribution in [1.82, 2.24) is 25.2 Å². The van der Waals surface area contributed by atoms with Crippen LogP contribution in [0.25, 0.3) is 0 Å². The standard InChI is InChI=1S/C17H19N5O2/c1-12(23)20-10-13-4-2-5-14(21-13)16-6-3-9-22(16)17(24)15-11-18-7-8-19-15/h2,4-5,7-8,11,16H,3,6,9-10H2,1H3,(H,20,23)/t16-/m1/s1. The van der Waals surface area contributed by atoms with Crippen molar-refractivity contribution in [3.63, 3.8) is 0 Å². The van der Waals surface area contributed by atoms with Gasteiger partial charge in [-0.25, -0.2) is 4.98 Å². The molecule has 7 nitrogen and oxygen atoms in total. The molecule has 2 aromatic heterocycles. The summed E-state index contributed by atoms with van der Waals surface area (Å²) in [6.07, 6.45) is 6.34. The molecular formula is C17H19N5O2. The van der Waals surface area contributed by atoms with E-state index >= 15 is 0 Å². The van der Waals surface area contributed by atoms with Gasteiger partial charge in [-0.05, 0) is 25.0 Å². The van der Waals surface area contributed by atoms with Crippen molar-refractivity contribution in [2.75, 3.05) is 6.54 Å². The minimum absolute atomic E-state index is 0.0724. The fraction of sp³-hybridized carbons (Fsp3) is 0.353. The molecule has 0 unspecified atom stereocenters. The van der Waals surface area contributed by atoms with Crippen molar-refractivity contribution in [1.29, 1.82) is 0 Å². The lowest BCUT2D eigenvalue weighted by Crippen LogP contribution is -2.32. The summed E-state index contributed by atoms with van der Waals surface area (Å²) in [6.45, 7) is 2.54. The Hall–Kier alpha value is -2.83. The Morgan fingerprint density at radius 2 is 2.21 bits per heavy atom. The number of amides is 2. The molecule has 1 atom stereocenters. The summed E-state index contributed by atoms with van der Waals surface area (Å²) in [4.78, 5) is 38.2. The van der Waals surface area contributed by atoms with Gasteiger partial charge in [0.1, 0.15) is 5.69 Å². The monoisotopic (exact) mass is 325 g/mol. The maximum atomic E-state index is 12.7. The second-order valence-electron chi connectivity index (χ2n) is 5.71. The van der Waals surface area contributed by atoms with E-state index in [2.05, 4.69) is 20.3 Å². The quantitative estimate of drug-likeness (QED) is 0.920. The van der Waals surface area contributed by atoms with E-state index in [4.69, 9.17) is 0 Å². The van der Waals surface area contributed by atoms with Crippen LogP contribution in [-0.4, -0.2) is 38.2 Å². The molecule has 2 amide bonds. The van der Waals surface area contributed by atoms with Crippen LogP contribution in [0.5, 0.6) is 0 Å². The normalized spacial score (nSPS) is 16.9. The molecule has 0 bridgehead atoms. The summed E-state index contributed by atoms with van der Waals surface area (Å²) in [5.74, 6) is -0.220. The number of carbonyl (C=O) groups excluding carboxylic acids is 2. The molecule has 1 saturated heterocycles. The number of hydrogen-bond acceptors (Lipinski definition) is 5. The molecule has 7 heteroatoms. The molecular weight excluding hydrogens is 306 g/mol. The lowest BCUT2D eigenvalue weighted by molar-refractivity contribution is -0.119. The van der Waals surface area contributed by atoms with Crippen LogP contribution >= 0.6 is 0 Å². The van der Waals surface area contributed by atoms with Crippen molar-refractivity contribution in [3.8, 4) is 0 Å². The molecule has 1 aliphatic heterocycles. The highest BCUT2D eigenvalue weighted by Crippen LogP contribution is 2.31. The van der Waals surface area contributed by atoms with Crippen LogP contribution in [0.3, 0.4) is 0 Å². The Morgan fingerprint density at radius 3 is 2.96 bits per heavy atom. The second kappa shape index (κ2) is 7.16. The molecule has 0 aliphatic carbocycles. The topological polar surface area (TPSA) is 88.1 Å². The number of pyridine rings is 1. The number of carbonyl (C=O) groups is 2. The van der Waals surface area contributed by atoms with E-state index in [-0.39, 0.29) is 17.9 Å². The number of rotatable bonds is 4. The first-order valence-electron chi connectivity index (χ1n) is 7.92. The van der Waals surface area contributed by atoms with Crippen LogP contribution in [0.4, 0.5) is 0 Å². The van der Waals surface area contributed by atoms with Gasteiger partial charge in [0.15, 0.2) is 0 Å². The maximum absolute atomic E-state index is 12.7. The molecule has 2 aromatic rings. The van der Waals surface area contributed by atoms with E-state index in [0.717, 1.165) is 24.2 Å². The van der Waals surface area contributed by atoms with E-state index in [1.54, 1.807) is 11.1 Å². The third kappa shape index (κ3) is 3.56. The Balaban J connectivity index is 1.79. The van der Waals surface area contributed by atoms with Crippen LogP contribution in [0.2, 0.25) is 0 Å². The minimum Gasteiger partial charge on any atom is -0.351 e. The first-order valence-corrected chi connectivity index (χ1v) is 7.92. The van der Waals surface area contributed by atoms with Gasteiger partial charge >= 0.3 is 0 Å². The van der Waals surface area contributed by atoms with Gasteiger partial charge in [-0.1, -0.05) is 6.07 Å². The smallest absolute Gasteiger partial charge is 0.274 e. The molecule has 124 valence electrons. The van der Waals surface area contributed by atoms with E-state index < -0.39 is 0 Å². The summed E-state index contributed by atoms with van der Waals surface area (Å²) >= 11 is 0. The Labute approximate surface area is 140 Å². The van der Waals surface area contributed by atoms with Crippen molar-refractivity contribution in [3.05, 3.63) is 53.9 Å². The fourth-order valence-electron chi connectivity index (χ4n) is 2.87. The average molecular weight is 325 g/mol. The second-order valence-corrected chi connectivity index (χ2v) is 5.71. The molecule has 1 aliphatic rings. The van der Waals surface area contributed by atoms with E-state index in [0.29, 0.717) is 18.8 Å². The minimum atomic E-state index is -0.125. The molecule has 1 N–H and O–H groups in total. The third-order valence-corrected chi connectivity index (χ3v) is 3.98. The van der Waals surface area contributed by atoms with E-state index in [9.17, 15) is 9.59 Å². The summed E-state index contributed by atoms with van der Waals surface area (Å²) in [5, 5.41) is 2.74. The molecule has 3 heterocycles. The Morgan fingerprint density at radius 1 is 1.33 bits per heavy atom. The number of aromatic nitrogens is 3. The largest absolute Gasteiger partial charge is 0.351 e. The van der Waals surface area contributed by atoms with Gasteiger partial charge < -0.3 is 10.2 Å². The van der Waals surface area contributed by atoms with Crippen LogP contribution in [0.15, 0.2) is 36.8 Å². The predicted molar refractivity (Wildman–Crippen MR) is 86.8 cm³/mol. The summed E-state index contributed by atoms with van der Waals surface area (Å²) < 4.78 is 0. The van der Waals surface area contributed by atoms with E-state index in [1.165, 1.54) is 19.3 Å². The van der Waals surface area contributed by atoms with Crippen LogP contribution in [0, 0.1) is 0 Å². The summed E-state index contributed by atoms with van der Waals surface area (Å²) in [5.41, 5.74) is 1.97. The van der Waals surface area contributed by atoms with Gasteiger partial charge in [0.25, 0.3) is 5.91 Å². The Bertz CT molecular complexity index is 735. The van der Waals surface area contributed by atoms with Crippen molar-refractivity contribution < 1.29 is 9.59 Å². The van der Waals surface area contributed by atoms with E-state index in [1.807, 2.05) is 18.2 Å². The van der Waals surface area contributed by atoms with Gasteiger partial charge in [-0.15, -0.1) is 0 Å². The third-order valence-electron chi connectivity index (χ3n) is 3.98. The van der Waals surface area contributed by atoms with Crippen molar-refractivity contribution in [2.24, 2.45) is 0 Å². The highest BCUT2D eigenvalue weighted by Gasteiger charge is 2.32. The number of nitrogens with zero attached hydrogens (tertiary/aromatic N) is 4. The molecule has 3 rings (SSSR count). The SMILES string of the molecule is CC(=O)NCc1cccc([C@H]2CCCN2C(=O)c2cnccn2)n1. The van der Waals surface area contributed by atoms with Gasteiger partial charge in [-0.3, -0.25) is 19.6 Å². The van der Waals surface area contributed by atoms with Crippen molar-refractivity contribution in [2.45, 2.75) is 32.4 Å². The average Bonchev–Trinajstić information content (AvgIpc) is 3.10. The predicted octanol–water partition coefficient (Wildman–Crippen LogP) is 1.48. The zero-order valence-electron chi connectivity index (χ0n) is 13.5. The summed E-state index contributed by atoms with van der Waals surface area (Å²) in [7, 11) is 0. The zero-order valence-corrected chi connectivity index (χ0v) is 13.5. The number of hydrogen-bond donors (Lipinski definition) is 1. The highest BCUT2D eigenvalue weighted by molar-refractivity contribution is 5.92. The van der Waals surface area contributed by atoms with Gasteiger partial charge in [0, 0.05) is 25.9 Å². The van der Waals surface area contributed by atoms with Gasteiger partial charge in [0.05, 0.1) is 30.2 Å². The first kappa shape index (κ1) is 16.0. The van der Waals surface area contributed by atoms with Gasteiger partial charge in [-0.2, -0.15) is 0 Å². The molecule has 0 radical (unpaired) electrons. The van der Waals surface area contributed by atoms with Crippen LogP contribution in [0.1, 0.15) is 47.7 Å². The molecule has 1 fully saturated rings. The maximum Gasteiger partial charge on any atom is 0.274 e. The Kier molecular flexibility index (Phi) is 4.79. The first-order chi connectivity index (χ1) is 11.6. The van der Waals surface area contributed by atoms with Gasteiger partial charge in [0.2, 0.25) is 5.91 Å². The molecule has 0 aromatic carbocycles. The zero-order chi connectivity index (χ0) is 16.9. The lowest BCUT2D eigenvalue weighted by Gasteiger charge is -2.24.